The fourth-order valence-electron chi connectivity index (χ4n) is 1.39. The number of aromatic nitrogens is 2. The van der Waals surface area contributed by atoms with E-state index in [1.165, 1.54) is 35.5 Å². The summed E-state index contributed by atoms with van der Waals surface area (Å²) in [6, 6.07) is 1.38. The van der Waals surface area contributed by atoms with Crippen LogP contribution in [0.25, 0.3) is 10.2 Å². The van der Waals surface area contributed by atoms with Crippen molar-refractivity contribution < 1.29 is 9.59 Å². The van der Waals surface area contributed by atoms with Crippen molar-refractivity contribution in [3.8, 4) is 0 Å². The smallest absolute Gasteiger partial charge is 0.321 e. The predicted octanol–water partition coefficient (Wildman–Crippen LogP) is 1.80. The van der Waals surface area contributed by atoms with Crippen LogP contribution in [0.4, 0.5) is 4.79 Å². The number of imide groups is 1. The van der Waals surface area contributed by atoms with Crippen molar-refractivity contribution in [3.05, 3.63) is 30.4 Å². The number of thioether (sulfide) groups is 1. The molecule has 104 valence electrons. The highest BCUT2D eigenvalue weighted by Gasteiger charge is 2.10. The third kappa shape index (κ3) is 3.78. The second kappa shape index (κ2) is 7.01. The van der Waals surface area contributed by atoms with Crippen LogP contribution < -0.4 is 10.6 Å². The Morgan fingerprint density at radius 3 is 3.10 bits per heavy atom. The number of nitrogens with one attached hydrogen (secondary N) is 2. The van der Waals surface area contributed by atoms with Gasteiger partial charge in [-0.2, -0.15) is 0 Å². The molecule has 0 saturated heterocycles. The van der Waals surface area contributed by atoms with E-state index in [2.05, 4.69) is 27.2 Å². The molecule has 0 saturated carbocycles. The van der Waals surface area contributed by atoms with Crippen LogP contribution in [0.15, 0.2) is 35.5 Å². The van der Waals surface area contributed by atoms with Gasteiger partial charge in [0.2, 0.25) is 5.91 Å². The molecule has 0 aliphatic heterocycles. The molecular weight excluding hydrogens is 296 g/mol. The fraction of sp³-hybridized carbons (Fsp3) is 0.167. The van der Waals surface area contributed by atoms with Crippen molar-refractivity contribution in [3.63, 3.8) is 0 Å². The van der Waals surface area contributed by atoms with Gasteiger partial charge in [-0.1, -0.05) is 17.8 Å². The van der Waals surface area contributed by atoms with Crippen LogP contribution in [0, 0.1) is 0 Å². The molecule has 0 spiro atoms. The number of fused-ring (bicyclic) bond motifs is 1. The maximum absolute atomic E-state index is 11.6. The minimum atomic E-state index is -0.529. The van der Waals surface area contributed by atoms with Crippen LogP contribution >= 0.6 is 23.1 Å². The normalized spacial score (nSPS) is 10.2. The van der Waals surface area contributed by atoms with Crippen molar-refractivity contribution in [1.82, 2.24) is 20.6 Å². The van der Waals surface area contributed by atoms with Crippen molar-refractivity contribution in [2.45, 2.75) is 5.03 Å². The first-order chi connectivity index (χ1) is 9.70. The first-order valence-electron chi connectivity index (χ1n) is 5.70. The molecule has 2 rings (SSSR count). The zero-order valence-electron chi connectivity index (χ0n) is 10.5. The molecule has 2 heterocycles. The summed E-state index contributed by atoms with van der Waals surface area (Å²) < 4.78 is 0. The Balaban J connectivity index is 1.88. The van der Waals surface area contributed by atoms with E-state index < -0.39 is 6.03 Å². The number of hydrogen-bond donors (Lipinski definition) is 2. The Kier molecular flexibility index (Phi) is 5.08. The van der Waals surface area contributed by atoms with Gasteiger partial charge in [-0.15, -0.1) is 17.9 Å². The second-order valence-corrected chi connectivity index (χ2v) is 5.51. The summed E-state index contributed by atoms with van der Waals surface area (Å²) in [7, 11) is 0. The summed E-state index contributed by atoms with van der Waals surface area (Å²) >= 11 is 2.79. The highest BCUT2D eigenvalue weighted by Crippen LogP contribution is 2.27. The van der Waals surface area contributed by atoms with Crippen LogP contribution in [-0.4, -0.2) is 34.2 Å². The molecule has 0 aliphatic rings. The number of amides is 3. The van der Waals surface area contributed by atoms with Crippen molar-refractivity contribution in [2.24, 2.45) is 0 Å². The molecule has 0 atom stereocenters. The van der Waals surface area contributed by atoms with Gasteiger partial charge in [0, 0.05) is 11.9 Å². The van der Waals surface area contributed by atoms with E-state index in [1.807, 2.05) is 11.4 Å². The first kappa shape index (κ1) is 14.5. The van der Waals surface area contributed by atoms with E-state index >= 15 is 0 Å². The molecular formula is C12H12N4O2S2. The number of nitrogens with zero attached hydrogens (tertiary/aromatic N) is 2. The summed E-state index contributed by atoms with van der Waals surface area (Å²) in [5.41, 5.74) is 0. The standard InChI is InChI=1S/C12H12N4O2S2/c1-2-4-13-12(18)16-9(17)6-20-11-8-3-5-19-10(8)14-7-15-11/h2-3,5,7H,1,4,6H2,(H2,13,16,17,18). The van der Waals surface area contributed by atoms with Gasteiger partial charge < -0.3 is 5.32 Å². The maximum atomic E-state index is 11.6. The van der Waals surface area contributed by atoms with Crippen molar-refractivity contribution in [1.29, 1.82) is 0 Å². The summed E-state index contributed by atoms with van der Waals surface area (Å²) in [5.74, 6) is -0.262. The second-order valence-electron chi connectivity index (χ2n) is 3.65. The number of carbonyl (C=O) groups excluding carboxylic acids is 2. The monoisotopic (exact) mass is 308 g/mol. The molecule has 0 bridgehead atoms. The van der Waals surface area contributed by atoms with E-state index in [1.54, 1.807) is 0 Å². The lowest BCUT2D eigenvalue weighted by Gasteiger charge is -2.04. The number of rotatable bonds is 5. The van der Waals surface area contributed by atoms with Crippen LogP contribution in [0.5, 0.6) is 0 Å². The molecule has 2 aromatic heterocycles. The van der Waals surface area contributed by atoms with E-state index in [0.29, 0.717) is 6.54 Å². The Hall–Kier alpha value is -1.93. The molecule has 0 aliphatic carbocycles. The first-order valence-corrected chi connectivity index (χ1v) is 7.57. The zero-order chi connectivity index (χ0) is 14.4. The van der Waals surface area contributed by atoms with Gasteiger partial charge >= 0.3 is 6.03 Å². The number of carbonyl (C=O) groups is 2. The number of hydrogen-bond acceptors (Lipinski definition) is 6. The number of urea groups is 1. The third-order valence-corrected chi connectivity index (χ3v) is 4.05. The van der Waals surface area contributed by atoms with E-state index in [9.17, 15) is 9.59 Å². The predicted molar refractivity (Wildman–Crippen MR) is 79.9 cm³/mol. The van der Waals surface area contributed by atoms with Gasteiger partial charge in [0.25, 0.3) is 0 Å². The minimum Gasteiger partial charge on any atom is -0.334 e. The summed E-state index contributed by atoms with van der Waals surface area (Å²) in [5, 5.41) is 8.27. The quantitative estimate of drug-likeness (QED) is 0.500. The van der Waals surface area contributed by atoms with Crippen LogP contribution in [-0.2, 0) is 4.79 Å². The Morgan fingerprint density at radius 1 is 1.45 bits per heavy atom. The summed E-state index contributed by atoms with van der Waals surface area (Å²) in [6.45, 7) is 3.78. The molecule has 8 heteroatoms. The molecule has 2 N–H and O–H groups in total. The molecule has 0 unspecified atom stereocenters. The maximum Gasteiger partial charge on any atom is 0.321 e. The van der Waals surface area contributed by atoms with E-state index in [4.69, 9.17) is 0 Å². The van der Waals surface area contributed by atoms with Crippen LogP contribution in [0.3, 0.4) is 0 Å². The van der Waals surface area contributed by atoms with Gasteiger partial charge in [-0.05, 0) is 11.4 Å². The van der Waals surface area contributed by atoms with Crippen LogP contribution in [0.1, 0.15) is 0 Å². The fourth-order valence-corrected chi connectivity index (χ4v) is 2.97. The molecule has 2 aromatic rings. The Labute approximate surface area is 123 Å². The zero-order valence-corrected chi connectivity index (χ0v) is 12.1. The SMILES string of the molecule is C=CCNC(=O)NC(=O)CSc1ncnc2sccc12. The van der Waals surface area contributed by atoms with Gasteiger partial charge in [0.15, 0.2) is 0 Å². The van der Waals surface area contributed by atoms with E-state index in [-0.39, 0.29) is 11.7 Å². The van der Waals surface area contributed by atoms with Gasteiger partial charge in [0.1, 0.15) is 16.2 Å². The Bertz CT molecular complexity index is 641. The van der Waals surface area contributed by atoms with Gasteiger partial charge in [0.05, 0.1) is 5.75 Å². The average Bonchev–Trinajstić information content (AvgIpc) is 2.91. The molecule has 0 aromatic carbocycles. The van der Waals surface area contributed by atoms with Crippen molar-refractivity contribution in [2.75, 3.05) is 12.3 Å². The molecule has 0 radical (unpaired) electrons. The van der Waals surface area contributed by atoms with Crippen LogP contribution in [0.2, 0.25) is 0 Å². The van der Waals surface area contributed by atoms with Gasteiger partial charge in [-0.3, -0.25) is 10.1 Å². The molecule has 3 amide bonds. The molecule has 0 fully saturated rings. The lowest BCUT2D eigenvalue weighted by molar-refractivity contribution is -0.117. The lowest BCUT2D eigenvalue weighted by Crippen LogP contribution is -2.40. The summed E-state index contributed by atoms with van der Waals surface area (Å²) in [4.78, 5) is 32.0. The Morgan fingerprint density at radius 2 is 2.30 bits per heavy atom. The minimum absolute atomic E-state index is 0.115. The molecule has 6 nitrogen and oxygen atoms in total. The highest BCUT2D eigenvalue weighted by molar-refractivity contribution is 8.00. The van der Waals surface area contributed by atoms with Crippen molar-refractivity contribution >= 4 is 45.3 Å². The third-order valence-electron chi connectivity index (χ3n) is 2.23. The van der Waals surface area contributed by atoms with Gasteiger partial charge in [-0.25, -0.2) is 14.8 Å². The number of thiophene rings is 1. The average molecular weight is 308 g/mol. The van der Waals surface area contributed by atoms with E-state index in [0.717, 1.165) is 15.2 Å². The summed E-state index contributed by atoms with van der Waals surface area (Å²) in [6.07, 6.45) is 3.00. The topological polar surface area (TPSA) is 84.0 Å². The largest absolute Gasteiger partial charge is 0.334 e. The molecule has 20 heavy (non-hydrogen) atoms. The lowest BCUT2D eigenvalue weighted by atomic mass is 10.4. The highest BCUT2D eigenvalue weighted by atomic mass is 32.2.